The second-order valence-electron chi connectivity index (χ2n) is 5.06. The normalized spacial score (nSPS) is 13.7. The Morgan fingerprint density at radius 2 is 1.78 bits per heavy atom. The van der Waals surface area contributed by atoms with Crippen molar-refractivity contribution in [1.82, 2.24) is 14.8 Å². The third kappa shape index (κ3) is 2.97. The molecule has 1 N–H and O–H groups in total. The number of thiol groups is 1. The number of nitrogens with zero attached hydrogens (tertiary/aromatic N) is 3. The molecule has 4 nitrogen and oxygen atoms in total. The van der Waals surface area contributed by atoms with Crippen LogP contribution >= 0.6 is 12.6 Å². The van der Waals surface area contributed by atoms with Gasteiger partial charge < -0.3 is 5.11 Å². The lowest BCUT2D eigenvalue weighted by atomic mass is 9.86. The predicted octanol–water partition coefficient (Wildman–Crippen LogP) is 2.78. The molecule has 1 unspecified atom stereocenters. The Labute approximate surface area is 136 Å². The van der Waals surface area contributed by atoms with E-state index in [0.717, 1.165) is 0 Å². The van der Waals surface area contributed by atoms with Crippen LogP contribution in [0.15, 0.2) is 60.0 Å². The van der Waals surface area contributed by atoms with E-state index in [9.17, 15) is 13.9 Å². The molecule has 0 fully saturated rings. The molecule has 0 aliphatic carbocycles. The van der Waals surface area contributed by atoms with Gasteiger partial charge in [-0.05, 0) is 23.8 Å². The number of benzene rings is 2. The van der Waals surface area contributed by atoms with E-state index in [1.807, 2.05) is 0 Å². The molecule has 0 aliphatic heterocycles. The lowest BCUT2D eigenvalue weighted by Gasteiger charge is -2.29. The Balaban J connectivity index is 2.15. The van der Waals surface area contributed by atoms with Gasteiger partial charge in [-0.15, -0.1) is 12.6 Å². The number of hydrogen-bond donors (Lipinski definition) is 2. The van der Waals surface area contributed by atoms with Crippen molar-refractivity contribution in [2.75, 3.05) is 0 Å². The zero-order valence-electron chi connectivity index (χ0n) is 11.9. The first-order valence-electron chi connectivity index (χ1n) is 6.81. The summed E-state index contributed by atoms with van der Waals surface area (Å²) in [7, 11) is 0. The van der Waals surface area contributed by atoms with Gasteiger partial charge in [0.1, 0.15) is 23.6 Å². The summed E-state index contributed by atoms with van der Waals surface area (Å²) in [6, 6.07) is 11.1. The fourth-order valence-corrected chi connectivity index (χ4v) is 2.61. The molecule has 0 bridgehead atoms. The van der Waals surface area contributed by atoms with Crippen LogP contribution in [0.4, 0.5) is 8.78 Å². The molecule has 0 aliphatic rings. The Morgan fingerprint density at radius 3 is 2.39 bits per heavy atom. The Morgan fingerprint density at radius 1 is 1.09 bits per heavy atom. The van der Waals surface area contributed by atoms with Gasteiger partial charge in [0.15, 0.2) is 5.16 Å². The molecule has 0 amide bonds. The van der Waals surface area contributed by atoms with Crippen molar-refractivity contribution < 1.29 is 13.9 Å². The Bertz CT molecular complexity index is 822. The number of aromatic nitrogens is 3. The molecule has 0 radical (unpaired) electrons. The Kier molecular flexibility index (Phi) is 4.14. The van der Waals surface area contributed by atoms with Crippen LogP contribution in [0.1, 0.15) is 11.1 Å². The van der Waals surface area contributed by atoms with Gasteiger partial charge in [-0.1, -0.05) is 30.3 Å². The predicted molar refractivity (Wildman–Crippen MR) is 83.1 cm³/mol. The molecule has 118 valence electrons. The molecule has 2 aromatic carbocycles. The molecular weight excluding hydrogens is 320 g/mol. The summed E-state index contributed by atoms with van der Waals surface area (Å²) in [5.74, 6) is -1.01. The monoisotopic (exact) mass is 333 g/mol. The molecule has 7 heteroatoms. The fourth-order valence-electron chi connectivity index (χ4n) is 2.44. The van der Waals surface area contributed by atoms with Gasteiger partial charge >= 0.3 is 0 Å². The lowest BCUT2D eigenvalue weighted by molar-refractivity contribution is 0.0506. The largest absolute Gasteiger partial charge is 0.378 e. The minimum absolute atomic E-state index is 0.0647. The quantitative estimate of drug-likeness (QED) is 0.722. The first kappa shape index (κ1) is 15.6. The first-order valence-corrected chi connectivity index (χ1v) is 7.25. The number of halogens is 2. The SMILES string of the molecule is OC(Cn1ncnc1S)(c1ccc(F)cc1)c1ccccc1F. The van der Waals surface area contributed by atoms with Crippen LogP contribution in [0, 0.1) is 11.6 Å². The third-order valence-corrected chi connectivity index (χ3v) is 3.96. The van der Waals surface area contributed by atoms with E-state index in [1.54, 1.807) is 6.07 Å². The van der Waals surface area contributed by atoms with Crippen molar-refractivity contribution in [3.05, 3.63) is 77.6 Å². The van der Waals surface area contributed by atoms with E-state index >= 15 is 0 Å². The molecular formula is C16H13F2N3OS. The van der Waals surface area contributed by atoms with Crippen LogP contribution in [0.25, 0.3) is 0 Å². The highest BCUT2D eigenvalue weighted by Gasteiger charge is 2.35. The molecule has 0 saturated heterocycles. The van der Waals surface area contributed by atoms with E-state index in [-0.39, 0.29) is 17.3 Å². The average Bonchev–Trinajstić information content (AvgIpc) is 2.93. The molecule has 1 heterocycles. The van der Waals surface area contributed by atoms with Crippen molar-refractivity contribution in [3.63, 3.8) is 0 Å². The minimum Gasteiger partial charge on any atom is -0.378 e. The summed E-state index contributed by atoms with van der Waals surface area (Å²) in [5.41, 5.74) is -1.34. The minimum atomic E-state index is -1.75. The standard InChI is InChI=1S/C16H13F2N3OS/c17-12-7-5-11(6-8-12)16(22,9-21-15(23)19-10-20-21)13-3-1-2-4-14(13)18/h1-8,10,22H,9H2,(H,19,20,23). The number of rotatable bonds is 4. The highest BCUT2D eigenvalue weighted by atomic mass is 32.1. The fraction of sp³-hybridized carbons (Fsp3) is 0.125. The first-order chi connectivity index (χ1) is 11.0. The summed E-state index contributed by atoms with van der Waals surface area (Å²) >= 11 is 4.15. The van der Waals surface area contributed by atoms with Crippen molar-refractivity contribution in [2.24, 2.45) is 0 Å². The number of aliphatic hydroxyl groups is 1. The summed E-state index contributed by atoms with van der Waals surface area (Å²) < 4.78 is 28.8. The zero-order chi connectivity index (χ0) is 16.4. The van der Waals surface area contributed by atoms with Crippen LogP contribution in [0.2, 0.25) is 0 Å². The number of hydrogen-bond acceptors (Lipinski definition) is 4. The summed E-state index contributed by atoms with van der Waals surface area (Å²) in [5, 5.41) is 15.5. The van der Waals surface area contributed by atoms with Crippen molar-refractivity contribution in [1.29, 1.82) is 0 Å². The van der Waals surface area contributed by atoms with E-state index < -0.39 is 17.2 Å². The molecule has 3 rings (SSSR count). The van der Waals surface area contributed by atoms with E-state index in [2.05, 4.69) is 22.7 Å². The van der Waals surface area contributed by atoms with Gasteiger partial charge in [-0.2, -0.15) is 5.10 Å². The van der Waals surface area contributed by atoms with E-state index in [0.29, 0.717) is 5.56 Å². The van der Waals surface area contributed by atoms with Gasteiger partial charge in [-0.3, -0.25) is 0 Å². The summed E-state index contributed by atoms with van der Waals surface area (Å²) in [4.78, 5) is 3.88. The van der Waals surface area contributed by atoms with Crippen LogP contribution in [-0.4, -0.2) is 19.9 Å². The average molecular weight is 333 g/mol. The van der Waals surface area contributed by atoms with Gasteiger partial charge in [0.25, 0.3) is 0 Å². The van der Waals surface area contributed by atoms with Gasteiger partial charge in [0, 0.05) is 5.56 Å². The maximum atomic E-state index is 14.3. The van der Waals surface area contributed by atoms with Crippen molar-refractivity contribution in [2.45, 2.75) is 17.3 Å². The molecule has 0 saturated carbocycles. The van der Waals surface area contributed by atoms with E-state index in [1.165, 1.54) is 53.5 Å². The lowest BCUT2D eigenvalue weighted by Crippen LogP contribution is -2.34. The van der Waals surface area contributed by atoms with Crippen molar-refractivity contribution >= 4 is 12.6 Å². The molecule has 3 aromatic rings. The Hall–Kier alpha value is -2.25. The summed E-state index contributed by atoms with van der Waals surface area (Å²) in [6.07, 6.45) is 1.29. The topological polar surface area (TPSA) is 50.9 Å². The zero-order valence-corrected chi connectivity index (χ0v) is 12.8. The van der Waals surface area contributed by atoms with Crippen LogP contribution in [-0.2, 0) is 12.1 Å². The van der Waals surface area contributed by atoms with Crippen molar-refractivity contribution in [3.8, 4) is 0 Å². The van der Waals surface area contributed by atoms with Crippen LogP contribution < -0.4 is 0 Å². The molecule has 1 atom stereocenters. The van der Waals surface area contributed by atoms with Crippen LogP contribution in [0.5, 0.6) is 0 Å². The van der Waals surface area contributed by atoms with Gasteiger partial charge in [0.2, 0.25) is 0 Å². The highest BCUT2D eigenvalue weighted by molar-refractivity contribution is 7.80. The summed E-state index contributed by atoms with van der Waals surface area (Å²) in [6.45, 7) is -0.113. The molecule has 0 spiro atoms. The second kappa shape index (κ2) is 6.10. The molecule has 23 heavy (non-hydrogen) atoms. The van der Waals surface area contributed by atoms with E-state index in [4.69, 9.17) is 0 Å². The molecule has 1 aromatic heterocycles. The highest BCUT2D eigenvalue weighted by Crippen LogP contribution is 2.33. The van der Waals surface area contributed by atoms with Crippen LogP contribution in [0.3, 0.4) is 0 Å². The van der Waals surface area contributed by atoms with Gasteiger partial charge in [0.05, 0.1) is 6.54 Å². The maximum Gasteiger partial charge on any atom is 0.183 e. The van der Waals surface area contributed by atoms with Gasteiger partial charge in [-0.25, -0.2) is 18.4 Å². The maximum absolute atomic E-state index is 14.3. The second-order valence-corrected chi connectivity index (χ2v) is 5.46. The third-order valence-electron chi connectivity index (χ3n) is 3.61. The smallest absolute Gasteiger partial charge is 0.183 e.